The number of carbonyl (C=O) groups is 1. The van der Waals surface area contributed by atoms with E-state index in [1.54, 1.807) is 0 Å². The quantitative estimate of drug-likeness (QED) is 0.815. The number of aryl methyl sites for hydroxylation is 1. The van der Waals surface area contributed by atoms with Crippen LogP contribution in [0.3, 0.4) is 0 Å². The molecule has 100 valence electrons. The Morgan fingerprint density at radius 3 is 2.67 bits per heavy atom. The van der Waals surface area contributed by atoms with Crippen LogP contribution < -0.4 is 5.32 Å². The third-order valence-corrected chi connectivity index (χ3v) is 3.34. The molecule has 2 unspecified atom stereocenters. The van der Waals surface area contributed by atoms with E-state index in [1.807, 2.05) is 38.1 Å². The number of carbonyl (C=O) groups excluding carboxylic acids is 1. The van der Waals surface area contributed by atoms with Crippen molar-refractivity contribution in [3.8, 4) is 0 Å². The Kier molecular flexibility index (Phi) is 4.91. The van der Waals surface area contributed by atoms with Gasteiger partial charge in [-0.2, -0.15) is 0 Å². The first-order chi connectivity index (χ1) is 8.43. The van der Waals surface area contributed by atoms with E-state index in [1.165, 1.54) is 7.11 Å². The molecule has 1 rings (SSSR count). The molecule has 3 nitrogen and oxygen atoms in total. The molecular formula is C15H23NO2. The van der Waals surface area contributed by atoms with Crippen LogP contribution in [0.25, 0.3) is 0 Å². The summed E-state index contributed by atoms with van der Waals surface area (Å²) < 4.78 is 4.95. The first-order valence-corrected chi connectivity index (χ1v) is 6.37. The first-order valence-electron chi connectivity index (χ1n) is 6.37. The normalized spacial score (nSPS) is 15.8. The van der Waals surface area contributed by atoms with Crippen LogP contribution in [0.1, 0.15) is 38.3 Å². The number of hydrogen-bond donors (Lipinski definition) is 1. The van der Waals surface area contributed by atoms with Gasteiger partial charge in [-0.1, -0.05) is 36.8 Å². The monoisotopic (exact) mass is 249 g/mol. The van der Waals surface area contributed by atoms with Gasteiger partial charge in [0.1, 0.15) is 5.54 Å². The second-order valence-electron chi connectivity index (χ2n) is 4.94. The van der Waals surface area contributed by atoms with Crippen molar-refractivity contribution in [2.24, 2.45) is 0 Å². The molecule has 0 aromatic heterocycles. The van der Waals surface area contributed by atoms with Gasteiger partial charge in [-0.15, -0.1) is 0 Å². The van der Waals surface area contributed by atoms with Gasteiger partial charge < -0.3 is 4.74 Å². The maximum atomic E-state index is 12.1. The van der Waals surface area contributed by atoms with E-state index >= 15 is 0 Å². The van der Waals surface area contributed by atoms with Gasteiger partial charge >= 0.3 is 5.97 Å². The van der Waals surface area contributed by atoms with Crippen molar-refractivity contribution in [2.45, 2.75) is 45.7 Å². The summed E-state index contributed by atoms with van der Waals surface area (Å²) >= 11 is 0. The van der Waals surface area contributed by atoms with Gasteiger partial charge in [0.2, 0.25) is 0 Å². The SMILES string of the molecule is CCC(C)NC(C)(C(=O)OC)c1cccc(C)c1. The maximum Gasteiger partial charge on any atom is 0.330 e. The Balaban J connectivity index is 3.15. The van der Waals surface area contributed by atoms with Crippen LogP contribution in [0.15, 0.2) is 24.3 Å². The van der Waals surface area contributed by atoms with Crippen LogP contribution in [0.5, 0.6) is 0 Å². The molecule has 0 aliphatic rings. The molecule has 0 radical (unpaired) electrons. The average molecular weight is 249 g/mol. The van der Waals surface area contributed by atoms with Crippen molar-refractivity contribution in [1.82, 2.24) is 5.32 Å². The summed E-state index contributed by atoms with van der Waals surface area (Å²) in [6.07, 6.45) is 0.957. The molecule has 0 amide bonds. The van der Waals surface area contributed by atoms with Gasteiger partial charge in [-0.05, 0) is 32.8 Å². The van der Waals surface area contributed by atoms with E-state index in [0.29, 0.717) is 0 Å². The number of rotatable bonds is 5. The van der Waals surface area contributed by atoms with Gasteiger partial charge in [0.25, 0.3) is 0 Å². The largest absolute Gasteiger partial charge is 0.467 e. The van der Waals surface area contributed by atoms with Crippen molar-refractivity contribution in [3.63, 3.8) is 0 Å². The van der Waals surface area contributed by atoms with Crippen molar-refractivity contribution in [3.05, 3.63) is 35.4 Å². The molecule has 1 aromatic carbocycles. The van der Waals surface area contributed by atoms with Crippen LogP contribution >= 0.6 is 0 Å². The van der Waals surface area contributed by atoms with Crippen LogP contribution in [-0.4, -0.2) is 19.1 Å². The van der Waals surface area contributed by atoms with Gasteiger partial charge in [0.15, 0.2) is 0 Å². The summed E-state index contributed by atoms with van der Waals surface area (Å²) in [5.74, 6) is -0.256. The Hall–Kier alpha value is -1.35. The molecule has 3 heteroatoms. The minimum atomic E-state index is -0.795. The average Bonchev–Trinajstić information content (AvgIpc) is 2.37. The summed E-state index contributed by atoms with van der Waals surface area (Å²) in [5.41, 5.74) is 1.28. The Bertz CT molecular complexity index is 417. The lowest BCUT2D eigenvalue weighted by Crippen LogP contribution is -2.51. The molecule has 0 aliphatic carbocycles. The van der Waals surface area contributed by atoms with Crippen LogP contribution in [0.4, 0.5) is 0 Å². The van der Waals surface area contributed by atoms with Crippen LogP contribution in [-0.2, 0) is 15.1 Å². The van der Waals surface area contributed by atoms with E-state index < -0.39 is 5.54 Å². The van der Waals surface area contributed by atoms with E-state index in [2.05, 4.69) is 19.2 Å². The topological polar surface area (TPSA) is 38.3 Å². The lowest BCUT2D eigenvalue weighted by atomic mass is 9.90. The summed E-state index contributed by atoms with van der Waals surface area (Å²) in [7, 11) is 1.43. The Morgan fingerprint density at radius 1 is 1.50 bits per heavy atom. The second kappa shape index (κ2) is 6.01. The van der Waals surface area contributed by atoms with Crippen molar-refractivity contribution >= 4 is 5.97 Å². The van der Waals surface area contributed by atoms with E-state index in [-0.39, 0.29) is 12.0 Å². The third kappa shape index (κ3) is 3.10. The molecule has 0 saturated carbocycles. The third-order valence-electron chi connectivity index (χ3n) is 3.34. The summed E-state index contributed by atoms with van der Waals surface area (Å²) in [5, 5.41) is 3.36. The summed E-state index contributed by atoms with van der Waals surface area (Å²) in [6.45, 7) is 8.05. The van der Waals surface area contributed by atoms with Crippen molar-refractivity contribution in [1.29, 1.82) is 0 Å². The molecule has 0 saturated heterocycles. The molecule has 0 fully saturated rings. The van der Waals surface area contributed by atoms with Gasteiger partial charge in [-0.25, -0.2) is 4.79 Å². The van der Waals surface area contributed by atoms with Gasteiger partial charge in [0, 0.05) is 6.04 Å². The highest BCUT2D eigenvalue weighted by atomic mass is 16.5. The van der Waals surface area contributed by atoms with Crippen LogP contribution in [0.2, 0.25) is 0 Å². The lowest BCUT2D eigenvalue weighted by molar-refractivity contribution is -0.148. The minimum Gasteiger partial charge on any atom is -0.467 e. The number of nitrogens with one attached hydrogen (secondary N) is 1. The van der Waals surface area contributed by atoms with Crippen molar-refractivity contribution in [2.75, 3.05) is 7.11 Å². The highest BCUT2D eigenvalue weighted by Crippen LogP contribution is 2.24. The summed E-state index contributed by atoms with van der Waals surface area (Å²) in [6, 6.07) is 8.20. The Morgan fingerprint density at radius 2 is 2.17 bits per heavy atom. The lowest BCUT2D eigenvalue weighted by Gasteiger charge is -2.31. The molecule has 0 aliphatic heterocycles. The molecule has 1 N–H and O–H groups in total. The minimum absolute atomic E-state index is 0.245. The smallest absolute Gasteiger partial charge is 0.330 e. The molecule has 0 heterocycles. The zero-order valence-corrected chi connectivity index (χ0v) is 11.9. The van der Waals surface area contributed by atoms with Crippen LogP contribution in [0, 0.1) is 6.92 Å². The van der Waals surface area contributed by atoms with E-state index in [0.717, 1.165) is 17.5 Å². The standard InChI is InChI=1S/C15H23NO2/c1-6-12(3)16-15(4,14(17)18-5)13-9-7-8-11(2)10-13/h7-10,12,16H,6H2,1-5H3. The second-order valence-corrected chi connectivity index (χ2v) is 4.94. The fourth-order valence-corrected chi connectivity index (χ4v) is 2.02. The molecule has 2 atom stereocenters. The number of hydrogen-bond acceptors (Lipinski definition) is 3. The first kappa shape index (κ1) is 14.7. The maximum absolute atomic E-state index is 12.1. The summed E-state index contributed by atoms with van der Waals surface area (Å²) in [4.78, 5) is 12.1. The molecule has 0 bridgehead atoms. The van der Waals surface area contributed by atoms with Gasteiger partial charge in [0.05, 0.1) is 7.11 Å². The number of esters is 1. The molecule has 1 aromatic rings. The number of ether oxygens (including phenoxy) is 1. The molecular weight excluding hydrogens is 226 g/mol. The fourth-order valence-electron chi connectivity index (χ4n) is 2.02. The highest BCUT2D eigenvalue weighted by Gasteiger charge is 2.37. The predicted octanol–water partition coefficient (Wildman–Crippen LogP) is 2.77. The zero-order valence-electron chi connectivity index (χ0n) is 11.9. The van der Waals surface area contributed by atoms with E-state index in [9.17, 15) is 4.79 Å². The Labute approximate surface area is 110 Å². The zero-order chi connectivity index (χ0) is 13.8. The molecule has 0 spiro atoms. The van der Waals surface area contributed by atoms with Crippen molar-refractivity contribution < 1.29 is 9.53 Å². The van der Waals surface area contributed by atoms with Gasteiger partial charge in [-0.3, -0.25) is 5.32 Å². The highest BCUT2D eigenvalue weighted by molar-refractivity contribution is 5.82. The molecule has 18 heavy (non-hydrogen) atoms. The number of benzene rings is 1. The predicted molar refractivity (Wildman–Crippen MR) is 73.4 cm³/mol. The number of methoxy groups -OCH3 is 1. The fraction of sp³-hybridized carbons (Fsp3) is 0.533. The van der Waals surface area contributed by atoms with E-state index in [4.69, 9.17) is 4.74 Å².